The van der Waals surface area contributed by atoms with Crippen molar-refractivity contribution in [3.63, 3.8) is 0 Å². The number of carbonyl (C=O) groups is 2. The normalized spacial score (nSPS) is 12.0. The van der Waals surface area contributed by atoms with Crippen LogP contribution in [0.1, 0.15) is 31.1 Å². The lowest BCUT2D eigenvalue weighted by molar-refractivity contribution is -0.119. The predicted octanol–water partition coefficient (Wildman–Crippen LogP) is 1.29. The molecular formula is C17H28N4O2. The fraction of sp³-hybridized carbons (Fsp3) is 0.529. The van der Waals surface area contributed by atoms with Crippen molar-refractivity contribution in [2.75, 3.05) is 38.0 Å². The molecule has 2 amide bonds. The highest BCUT2D eigenvalue weighted by molar-refractivity contribution is 5.97. The van der Waals surface area contributed by atoms with E-state index in [0.717, 1.165) is 19.6 Å². The number of nitrogens with two attached hydrogens (primary N) is 1. The van der Waals surface area contributed by atoms with E-state index >= 15 is 0 Å². The Balaban J connectivity index is 2.58. The molecule has 1 rings (SSSR count). The third-order valence-corrected chi connectivity index (χ3v) is 3.80. The molecule has 0 radical (unpaired) electrons. The summed E-state index contributed by atoms with van der Waals surface area (Å²) in [7, 11) is 0. The fourth-order valence-electron chi connectivity index (χ4n) is 2.08. The Bertz CT molecular complexity index is 515. The SMILES string of the molecule is CCN(CC)CCNC(=O)c1cccc(NC(=O)C(C)CN)c1. The Morgan fingerprint density at radius 1 is 1.26 bits per heavy atom. The average molecular weight is 320 g/mol. The lowest BCUT2D eigenvalue weighted by Crippen LogP contribution is -2.34. The number of nitrogens with one attached hydrogen (secondary N) is 2. The van der Waals surface area contributed by atoms with Crippen LogP contribution in [0.4, 0.5) is 5.69 Å². The van der Waals surface area contributed by atoms with Gasteiger partial charge in [-0.15, -0.1) is 0 Å². The number of hydrogen-bond donors (Lipinski definition) is 3. The van der Waals surface area contributed by atoms with E-state index in [-0.39, 0.29) is 24.3 Å². The molecule has 128 valence electrons. The molecule has 1 unspecified atom stereocenters. The highest BCUT2D eigenvalue weighted by atomic mass is 16.2. The first kappa shape index (κ1) is 19.1. The molecule has 0 spiro atoms. The maximum absolute atomic E-state index is 12.2. The number of hydrogen-bond acceptors (Lipinski definition) is 4. The minimum atomic E-state index is -0.262. The van der Waals surface area contributed by atoms with E-state index in [4.69, 9.17) is 5.73 Å². The Labute approximate surface area is 138 Å². The summed E-state index contributed by atoms with van der Waals surface area (Å²) in [5, 5.41) is 5.67. The van der Waals surface area contributed by atoms with Gasteiger partial charge in [-0.05, 0) is 31.3 Å². The molecule has 4 N–H and O–H groups in total. The maximum Gasteiger partial charge on any atom is 0.251 e. The van der Waals surface area contributed by atoms with Gasteiger partial charge in [-0.3, -0.25) is 9.59 Å². The second-order valence-corrected chi connectivity index (χ2v) is 5.49. The van der Waals surface area contributed by atoms with Crippen LogP contribution in [0.25, 0.3) is 0 Å². The summed E-state index contributed by atoms with van der Waals surface area (Å²) in [6.45, 7) is 9.60. The van der Waals surface area contributed by atoms with E-state index < -0.39 is 0 Å². The summed E-state index contributed by atoms with van der Waals surface area (Å²) in [5.74, 6) is -0.548. The van der Waals surface area contributed by atoms with E-state index in [1.807, 2.05) is 0 Å². The third kappa shape index (κ3) is 6.38. The van der Waals surface area contributed by atoms with Gasteiger partial charge in [-0.2, -0.15) is 0 Å². The van der Waals surface area contributed by atoms with Crippen molar-refractivity contribution in [1.82, 2.24) is 10.2 Å². The maximum atomic E-state index is 12.2. The van der Waals surface area contributed by atoms with E-state index in [2.05, 4.69) is 29.4 Å². The summed E-state index contributed by atoms with van der Waals surface area (Å²) in [6, 6.07) is 6.92. The van der Waals surface area contributed by atoms with Crippen molar-refractivity contribution in [3.8, 4) is 0 Å². The van der Waals surface area contributed by atoms with Crippen LogP contribution in [-0.2, 0) is 4.79 Å². The van der Waals surface area contributed by atoms with Gasteiger partial charge in [0.05, 0.1) is 0 Å². The Kier molecular flexibility index (Phi) is 8.29. The fourth-order valence-corrected chi connectivity index (χ4v) is 2.08. The number of amides is 2. The molecule has 0 aliphatic heterocycles. The van der Waals surface area contributed by atoms with Crippen molar-refractivity contribution < 1.29 is 9.59 Å². The molecule has 6 nitrogen and oxygen atoms in total. The Morgan fingerprint density at radius 3 is 2.57 bits per heavy atom. The van der Waals surface area contributed by atoms with Crippen LogP contribution >= 0.6 is 0 Å². The molecule has 0 aromatic heterocycles. The van der Waals surface area contributed by atoms with Crippen LogP contribution in [0, 0.1) is 5.92 Å². The van der Waals surface area contributed by atoms with Gasteiger partial charge < -0.3 is 21.3 Å². The van der Waals surface area contributed by atoms with Gasteiger partial charge in [-0.1, -0.05) is 26.8 Å². The standard InChI is InChI=1S/C17H28N4O2/c1-4-21(5-2)10-9-19-17(23)14-7-6-8-15(11-14)20-16(22)13(3)12-18/h6-8,11,13H,4-5,9-10,12,18H2,1-3H3,(H,19,23)(H,20,22). The lowest BCUT2D eigenvalue weighted by atomic mass is 10.1. The third-order valence-electron chi connectivity index (χ3n) is 3.80. The van der Waals surface area contributed by atoms with Gasteiger partial charge >= 0.3 is 0 Å². The largest absolute Gasteiger partial charge is 0.351 e. The first-order valence-electron chi connectivity index (χ1n) is 8.13. The molecule has 0 aliphatic carbocycles. The average Bonchev–Trinajstić information content (AvgIpc) is 2.58. The number of carbonyl (C=O) groups excluding carboxylic acids is 2. The van der Waals surface area contributed by atoms with Gasteiger partial charge in [0.1, 0.15) is 0 Å². The van der Waals surface area contributed by atoms with Crippen LogP contribution in [0.5, 0.6) is 0 Å². The number of rotatable bonds is 9. The van der Waals surface area contributed by atoms with Crippen molar-refractivity contribution in [2.45, 2.75) is 20.8 Å². The van der Waals surface area contributed by atoms with E-state index in [9.17, 15) is 9.59 Å². The summed E-state index contributed by atoms with van der Waals surface area (Å²) < 4.78 is 0. The second-order valence-electron chi connectivity index (χ2n) is 5.49. The van der Waals surface area contributed by atoms with Crippen LogP contribution in [-0.4, -0.2) is 49.4 Å². The minimum Gasteiger partial charge on any atom is -0.351 e. The van der Waals surface area contributed by atoms with Crippen LogP contribution in [0.2, 0.25) is 0 Å². The molecule has 0 saturated carbocycles. The predicted molar refractivity (Wildman–Crippen MR) is 93.4 cm³/mol. The van der Waals surface area contributed by atoms with Crippen LogP contribution in [0.3, 0.4) is 0 Å². The Hall–Kier alpha value is -1.92. The molecular weight excluding hydrogens is 292 g/mol. The van der Waals surface area contributed by atoms with Gasteiger partial charge in [-0.25, -0.2) is 0 Å². The summed E-state index contributed by atoms with van der Waals surface area (Å²) in [4.78, 5) is 26.3. The molecule has 1 aromatic carbocycles. The molecule has 1 aromatic rings. The number of anilines is 1. The van der Waals surface area contributed by atoms with Crippen molar-refractivity contribution in [1.29, 1.82) is 0 Å². The van der Waals surface area contributed by atoms with Gasteiger partial charge in [0.2, 0.25) is 5.91 Å². The number of benzene rings is 1. The van der Waals surface area contributed by atoms with Crippen molar-refractivity contribution in [3.05, 3.63) is 29.8 Å². The van der Waals surface area contributed by atoms with E-state index in [0.29, 0.717) is 17.8 Å². The molecule has 1 atom stereocenters. The zero-order valence-electron chi connectivity index (χ0n) is 14.3. The number of likely N-dealkylation sites (N-methyl/N-ethyl adjacent to an activating group) is 1. The lowest BCUT2D eigenvalue weighted by Gasteiger charge is -2.18. The Morgan fingerprint density at radius 2 is 1.96 bits per heavy atom. The molecule has 0 aliphatic rings. The molecule has 0 saturated heterocycles. The van der Waals surface area contributed by atoms with Crippen LogP contribution < -0.4 is 16.4 Å². The van der Waals surface area contributed by atoms with Crippen molar-refractivity contribution in [2.24, 2.45) is 11.7 Å². The summed E-state index contributed by atoms with van der Waals surface area (Å²) >= 11 is 0. The molecule has 6 heteroatoms. The summed E-state index contributed by atoms with van der Waals surface area (Å²) in [5.41, 5.74) is 6.61. The minimum absolute atomic E-state index is 0.139. The molecule has 0 heterocycles. The van der Waals surface area contributed by atoms with Gasteiger partial charge in [0, 0.05) is 36.8 Å². The zero-order chi connectivity index (χ0) is 17.2. The second kappa shape index (κ2) is 9.97. The topological polar surface area (TPSA) is 87.5 Å². The van der Waals surface area contributed by atoms with Crippen molar-refractivity contribution >= 4 is 17.5 Å². The molecule has 0 fully saturated rings. The van der Waals surface area contributed by atoms with Gasteiger partial charge in [0.25, 0.3) is 5.91 Å². The zero-order valence-corrected chi connectivity index (χ0v) is 14.3. The van der Waals surface area contributed by atoms with E-state index in [1.165, 1.54) is 0 Å². The first-order chi connectivity index (χ1) is 11.0. The van der Waals surface area contributed by atoms with Crippen LogP contribution in [0.15, 0.2) is 24.3 Å². The first-order valence-corrected chi connectivity index (χ1v) is 8.13. The molecule has 0 bridgehead atoms. The number of nitrogens with zero attached hydrogens (tertiary/aromatic N) is 1. The highest BCUT2D eigenvalue weighted by Crippen LogP contribution is 2.12. The highest BCUT2D eigenvalue weighted by Gasteiger charge is 2.12. The molecule has 23 heavy (non-hydrogen) atoms. The van der Waals surface area contributed by atoms with Gasteiger partial charge in [0.15, 0.2) is 0 Å². The quantitative estimate of drug-likeness (QED) is 0.640. The summed E-state index contributed by atoms with van der Waals surface area (Å²) in [6.07, 6.45) is 0. The monoisotopic (exact) mass is 320 g/mol. The van der Waals surface area contributed by atoms with E-state index in [1.54, 1.807) is 31.2 Å². The smallest absolute Gasteiger partial charge is 0.251 e.